The third-order valence-corrected chi connectivity index (χ3v) is 4.70. The molecule has 0 aliphatic heterocycles. The average Bonchev–Trinajstić information content (AvgIpc) is 3.17. The van der Waals surface area contributed by atoms with Crippen molar-refractivity contribution in [3.63, 3.8) is 0 Å². The lowest BCUT2D eigenvalue weighted by Crippen LogP contribution is -2.36. The summed E-state index contributed by atoms with van der Waals surface area (Å²) in [5, 5.41) is 9.76. The first kappa shape index (κ1) is 18.2. The smallest absolute Gasteiger partial charge is 0.319 e. The van der Waals surface area contributed by atoms with E-state index < -0.39 is 0 Å². The summed E-state index contributed by atoms with van der Waals surface area (Å²) in [6.45, 7) is 0.417. The SMILES string of the molecule is CN(C)[C@@H](CNC(=O)Nc1cccc(-c2nc(C3CC3)no2)c1)c1ccco1. The van der Waals surface area contributed by atoms with Gasteiger partial charge < -0.3 is 19.6 Å². The van der Waals surface area contributed by atoms with Crippen molar-refractivity contribution in [2.75, 3.05) is 26.0 Å². The minimum atomic E-state index is -0.292. The van der Waals surface area contributed by atoms with Crippen LogP contribution in [0.4, 0.5) is 10.5 Å². The molecule has 2 N–H and O–H groups in total. The van der Waals surface area contributed by atoms with Crippen LogP contribution in [0.1, 0.15) is 36.4 Å². The Balaban J connectivity index is 1.37. The Morgan fingerprint density at radius 3 is 2.86 bits per heavy atom. The van der Waals surface area contributed by atoms with Crippen LogP contribution in [0.3, 0.4) is 0 Å². The van der Waals surface area contributed by atoms with Crippen LogP contribution in [-0.2, 0) is 0 Å². The highest BCUT2D eigenvalue weighted by molar-refractivity contribution is 5.89. The lowest BCUT2D eigenvalue weighted by Gasteiger charge is -2.22. The number of carbonyl (C=O) groups is 1. The molecular weight excluding hydrogens is 358 g/mol. The van der Waals surface area contributed by atoms with Crippen molar-refractivity contribution in [1.29, 1.82) is 0 Å². The molecule has 0 bridgehead atoms. The second-order valence-electron chi connectivity index (χ2n) is 7.14. The van der Waals surface area contributed by atoms with E-state index in [9.17, 15) is 4.79 Å². The molecule has 1 aliphatic carbocycles. The van der Waals surface area contributed by atoms with Crippen LogP contribution in [-0.4, -0.2) is 41.7 Å². The first-order valence-electron chi connectivity index (χ1n) is 9.29. The summed E-state index contributed by atoms with van der Waals surface area (Å²) < 4.78 is 10.8. The summed E-state index contributed by atoms with van der Waals surface area (Å²) in [5.41, 5.74) is 1.43. The van der Waals surface area contributed by atoms with Crippen molar-refractivity contribution >= 4 is 11.7 Å². The highest BCUT2D eigenvalue weighted by atomic mass is 16.5. The Morgan fingerprint density at radius 2 is 2.14 bits per heavy atom. The molecule has 0 saturated heterocycles. The minimum Gasteiger partial charge on any atom is -0.468 e. The van der Waals surface area contributed by atoms with E-state index in [-0.39, 0.29) is 12.1 Å². The van der Waals surface area contributed by atoms with Crippen molar-refractivity contribution in [1.82, 2.24) is 20.4 Å². The van der Waals surface area contributed by atoms with Gasteiger partial charge in [0.2, 0.25) is 0 Å². The number of carbonyl (C=O) groups excluding carboxylic acids is 1. The van der Waals surface area contributed by atoms with Gasteiger partial charge in [0.1, 0.15) is 5.76 Å². The number of amides is 2. The van der Waals surface area contributed by atoms with Gasteiger partial charge in [-0.25, -0.2) is 4.79 Å². The summed E-state index contributed by atoms with van der Waals surface area (Å²) in [6, 6.07) is 10.8. The van der Waals surface area contributed by atoms with Crippen LogP contribution < -0.4 is 10.6 Å². The largest absolute Gasteiger partial charge is 0.468 e. The van der Waals surface area contributed by atoms with E-state index in [1.54, 1.807) is 6.26 Å². The van der Waals surface area contributed by atoms with Gasteiger partial charge in [0, 0.05) is 23.7 Å². The van der Waals surface area contributed by atoms with Crippen molar-refractivity contribution < 1.29 is 13.7 Å². The van der Waals surface area contributed by atoms with Crippen LogP contribution in [0.2, 0.25) is 0 Å². The maximum absolute atomic E-state index is 12.3. The van der Waals surface area contributed by atoms with E-state index >= 15 is 0 Å². The van der Waals surface area contributed by atoms with Crippen LogP contribution in [0.15, 0.2) is 51.6 Å². The van der Waals surface area contributed by atoms with Gasteiger partial charge in [-0.2, -0.15) is 4.98 Å². The Bertz CT molecular complexity index is 931. The molecule has 3 aromatic rings. The van der Waals surface area contributed by atoms with Crippen molar-refractivity contribution in [2.24, 2.45) is 0 Å². The molecule has 4 rings (SSSR count). The number of nitrogens with one attached hydrogen (secondary N) is 2. The summed E-state index contributed by atoms with van der Waals surface area (Å²) in [7, 11) is 3.88. The highest BCUT2D eigenvalue weighted by Gasteiger charge is 2.29. The van der Waals surface area contributed by atoms with Gasteiger partial charge in [-0.15, -0.1) is 0 Å². The van der Waals surface area contributed by atoms with Gasteiger partial charge in [0.05, 0.1) is 12.3 Å². The summed E-state index contributed by atoms with van der Waals surface area (Å²) in [5.74, 6) is 2.47. The predicted molar refractivity (Wildman–Crippen MR) is 104 cm³/mol. The molecule has 1 saturated carbocycles. The highest BCUT2D eigenvalue weighted by Crippen LogP contribution is 2.39. The van der Waals surface area contributed by atoms with E-state index in [1.165, 1.54) is 0 Å². The van der Waals surface area contributed by atoms with Crippen LogP contribution in [0.5, 0.6) is 0 Å². The topological polar surface area (TPSA) is 96.4 Å². The molecule has 28 heavy (non-hydrogen) atoms. The number of anilines is 1. The molecule has 0 spiro atoms. The number of rotatable bonds is 7. The summed E-state index contributed by atoms with van der Waals surface area (Å²) in [6.07, 6.45) is 3.86. The molecule has 1 aliphatic rings. The third-order valence-electron chi connectivity index (χ3n) is 4.70. The molecule has 1 atom stereocenters. The molecule has 2 heterocycles. The number of benzene rings is 1. The van der Waals surface area contributed by atoms with Crippen molar-refractivity contribution in [3.05, 3.63) is 54.2 Å². The van der Waals surface area contributed by atoms with Gasteiger partial charge >= 0.3 is 6.03 Å². The lowest BCUT2D eigenvalue weighted by atomic mass is 10.2. The number of likely N-dealkylation sites (N-methyl/N-ethyl adjacent to an activating group) is 1. The number of nitrogens with zero attached hydrogens (tertiary/aromatic N) is 3. The van der Waals surface area contributed by atoms with Gasteiger partial charge in [0.25, 0.3) is 5.89 Å². The standard InChI is InChI=1S/C20H23N5O3/c1-25(2)16(17-7-4-10-27-17)12-21-20(26)22-15-6-3-5-14(11-15)19-23-18(24-28-19)13-8-9-13/h3-7,10-11,13,16H,8-9,12H2,1-2H3,(H2,21,22,26)/t16-/m0/s1. The summed E-state index contributed by atoms with van der Waals surface area (Å²) >= 11 is 0. The molecule has 0 unspecified atom stereocenters. The van der Waals surface area contributed by atoms with Gasteiger partial charge in [-0.05, 0) is 57.3 Å². The molecule has 8 nitrogen and oxygen atoms in total. The number of hydrogen-bond acceptors (Lipinski definition) is 6. The van der Waals surface area contributed by atoms with Gasteiger partial charge in [-0.1, -0.05) is 11.2 Å². The molecule has 2 amide bonds. The zero-order valence-corrected chi connectivity index (χ0v) is 15.9. The molecule has 1 fully saturated rings. The van der Waals surface area contributed by atoms with Crippen molar-refractivity contribution in [2.45, 2.75) is 24.8 Å². The molecule has 1 aromatic carbocycles. The molecule has 2 aromatic heterocycles. The number of furan rings is 1. The Kier molecular flexibility index (Phi) is 5.12. The van der Waals surface area contributed by atoms with Gasteiger partial charge in [0.15, 0.2) is 5.82 Å². The van der Waals surface area contributed by atoms with E-state index in [2.05, 4.69) is 20.8 Å². The molecular formula is C20H23N5O3. The second kappa shape index (κ2) is 7.85. The number of urea groups is 1. The zero-order chi connectivity index (χ0) is 19.5. The normalized spacial score (nSPS) is 14.8. The third kappa shape index (κ3) is 4.23. The van der Waals surface area contributed by atoms with Crippen LogP contribution >= 0.6 is 0 Å². The van der Waals surface area contributed by atoms with E-state index in [1.807, 2.05) is 55.4 Å². The lowest BCUT2D eigenvalue weighted by molar-refractivity contribution is 0.233. The second-order valence-corrected chi connectivity index (χ2v) is 7.14. The van der Waals surface area contributed by atoms with Crippen LogP contribution in [0, 0.1) is 0 Å². The fourth-order valence-electron chi connectivity index (χ4n) is 2.97. The average molecular weight is 381 g/mol. The predicted octanol–water partition coefficient (Wildman–Crippen LogP) is 3.63. The molecule has 8 heteroatoms. The first-order chi connectivity index (χ1) is 13.6. The number of aromatic nitrogens is 2. The van der Waals surface area contributed by atoms with Crippen LogP contribution in [0.25, 0.3) is 11.5 Å². The fraction of sp³-hybridized carbons (Fsp3) is 0.350. The van der Waals surface area contributed by atoms with Crippen molar-refractivity contribution in [3.8, 4) is 11.5 Å². The van der Waals surface area contributed by atoms with E-state index in [0.29, 0.717) is 24.0 Å². The van der Waals surface area contributed by atoms with E-state index in [4.69, 9.17) is 8.94 Å². The Hall–Kier alpha value is -3.13. The fourth-order valence-corrected chi connectivity index (χ4v) is 2.97. The summed E-state index contributed by atoms with van der Waals surface area (Å²) in [4.78, 5) is 18.8. The Morgan fingerprint density at radius 1 is 1.29 bits per heavy atom. The Labute approximate surface area is 162 Å². The molecule has 0 radical (unpaired) electrons. The van der Waals surface area contributed by atoms with E-state index in [0.717, 1.165) is 30.0 Å². The number of hydrogen-bond donors (Lipinski definition) is 2. The first-order valence-corrected chi connectivity index (χ1v) is 9.29. The maximum Gasteiger partial charge on any atom is 0.319 e. The quantitative estimate of drug-likeness (QED) is 0.649. The minimum absolute atomic E-state index is 0.0497. The molecule has 146 valence electrons. The zero-order valence-electron chi connectivity index (χ0n) is 15.9. The monoisotopic (exact) mass is 381 g/mol. The maximum atomic E-state index is 12.3. The van der Waals surface area contributed by atoms with Gasteiger partial charge in [-0.3, -0.25) is 4.90 Å².